The van der Waals surface area contributed by atoms with Gasteiger partial charge in [-0.2, -0.15) is 12.6 Å². The van der Waals surface area contributed by atoms with Crippen LogP contribution in [0.1, 0.15) is 6.42 Å². The van der Waals surface area contributed by atoms with Gasteiger partial charge in [0.25, 0.3) is 0 Å². The SMILES string of the molecule is SC1C=CCC2=CC=CNC21. The number of fused-ring (bicyclic) bond motifs is 1. The Morgan fingerprint density at radius 1 is 1.55 bits per heavy atom. The second-order valence-electron chi connectivity index (χ2n) is 2.87. The highest BCUT2D eigenvalue weighted by atomic mass is 32.1. The standard InChI is InChI=1S/C9H11NS/c11-8-5-1-3-7-4-2-6-10-9(7)8/h1-2,4-6,8-11H,3H2. The smallest absolute Gasteiger partial charge is 0.0625 e. The molecule has 0 bridgehead atoms. The van der Waals surface area contributed by atoms with E-state index < -0.39 is 0 Å². The highest BCUT2D eigenvalue weighted by Crippen LogP contribution is 2.23. The van der Waals surface area contributed by atoms with E-state index in [-0.39, 0.29) is 0 Å². The fourth-order valence-electron chi connectivity index (χ4n) is 1.51. The van der Waals surface area contributed by atoms with E-state index in [2.05, 4.69) is 36.2 Å². The van der Waals surface area contributed by atoms with Gasteiger partial charge in [-0.25, -0.2) is 0 Å². The van der Waals surface area contributed by atoms with Gasteiger partial charge in [-0.05, 0) is 24.3 Å². The molecule has 1 heterocycles. The lowest BCUT2D eigenvalue weighted by Gasteiger charge is -2.29. The van der Waals surface area contributed by atoms with Gasteiger partial charge in [0.2, 0.25) is 0 Å². The monoisotopic (exact) mass is 165 g/mol. The Hall–Kier alpha value is -0.630. The molecule has 11 heavy (non-hydrogen) atoms. The molecule has 2 heteroatoms. The third-order valence-corrected chi connectivity index (χ3v) is 2.58. The van der Waals surface area contributed by atoms with Crippen molar-refractivity contribution in [2.45, 2.75) is 17.7 Å². The van der Waals surface area contributed by atoms with Gasteiger partial charge in [-0.1, -0.05) is 18.2 Å². The van der Waals surface area contributed by atoms with Gasteiger partial charge in [0.05, 0.1) is 6.04 Å². The minimum Gasteiger partial charge on any atom is -0.383 e. The van der Waals surface area contributed by atoms with Gasteiger partial charge in [0.1, 0.15) is 0 Å². The summed E-state index contributed by atoms with van der Waals surface area (Å²) >= 11 is 4.46. The van der Waals surface area contributed by atoms with Crippen molar-refractivity contribution in [3.63, 3.8) is 0 Å². The van der Waals surface area contributed by atoms with Crippen LogP contribution in [0.5, 0.6) is 0 Å². The molecule has 2 unspecified atom stereocenters. The highest BCUT2D eigenvalue weighted by molar-refractivity contribution is 7.81. The molecule has 0 aromatic heterocycles. The Morgan fingerprint density at radius 3 is 3.27 bits per heavy atom. The molecule has 0 spiro atoms. The molecule has 1 nitrogen and oxygen atoms in total. The molecule has 0 saturated heterocycles. The second kappa shape index (κ2) is 2.78. The summed E-state index contributed by atoms with van der Waals surface area (Å²) in [5.74, 6) is 0. The topological polar surface area (TPSA) is 12.0 Å². The average molecular weight is 165 g/mol. The van der Waals surface area contributed by atoms with Gasteiger partial charge in [0, 0.05) is 5.25 Å². The maximum absolute atomic E-state index is 4.46. The van der Waals surface area contributed by atoms with E-state index in [0.29, 0.717) is 11.3 Å². The summed E-state index contributed by atoms with van der Waals surface area (Å²) in [6.45, 7) is 0. The molecule has 0 amide bonds. The van der Waals surface area contributed by atoms with Crippen molar-refractivity contribution in [1.82, 2.24) is 5.32 Å². The molecule has 1 N–H and O–H groups in total. The van der Waals surface area contributed by atoms with Crippen LogP contribution in [0.15, 0.2) is 36.1 Å². The maximum atomic E-state index is 4.46. The molecule has 1 aliphatic carbocycles. The van der Waals surface area contributed by atoms with Crippen molar-refractivity contribution in [3.8, 4) is 0 Å². The zero-order valence-corrected chi connectivity index (χ0v) is 7.09. The van der Waals surface area contributed by atoms with Crippen molar-refractivity contribution in [2.75, 3.05) is 0 Å². The van der Waals surface area contributed by atoms with E-state index in [1.807, 2.05) is 12.3 Å². The van der Waals surface area contributed by atoms with Crippen molar-refractivity contribution in [3.05, 3.63) is 36.1 Å². The summed E-state index contributed by atoms with van der Waals surface area (Å²) in [7, 11) is 0. The van der Waals surface area contributed by atoms with Crippen molar-refractivity contribution < 1.29 is 0 Å². The number of hydrogen-bond acceptors (Lipinski definition) is 2. The Kier molecular flexibility index (Phi) is 1.78. The van der Waals surface area contributed by atoms with Gasteiger partial charge < -0.3 is 5.32 Å². The van der Waals surface area contributed by atoms with Crippen LogP contribution < -0.4 is 5.32 Å². The minimum atomic E-state index is 0.333. The van der Waals surface area contributed by atoms with Crippen molar-refractivity contribution in [2.24, 2.45) is 0 Å². The Balaban J connectivity index is 2.27. The summed E-state index contributed by atoms with van der Waals surface area (Å²) in [6, 6.07) is 0.424. The van der Waals surface area contributed by atoms with E-state index in [0.717, 1.165) is 6.42 Å². The van der Waals surface area contributed by atoms with Crippen molar-refractivity contribution in [1.29, 1.82) is 0 Å². The molecule has 2 atom stereocenters. The van der Waals surface area contributed by atoms with E-state index in [1.165, 1.54) is 5.57 Å². The van der Waals surface area contributed by atoms with Crippen LogP contribution >= 0.6 is 12.6 Å². The number of allylic oxidation sites excluding steroid dienone is 3. The lowest BCUT2D eigenvalue weighted by molar-refractivity contribution is 0.651. The Labute approximate surface area is 72.3 Å². The Morgan fingerprint density at radius 2 is 2.45 bits per heavy atom. The fraction of sp³-hybridized carbons (Fsp3) is 0.333. The van der Waals surface area contributed by atoms with Crippen LogP contribution in [-0.2, 0) is 0 Å². The van der Waals surface area contributed by atoms with Crippen LogP contribution in [0.4, 0.5) is 0 Å². The maximum Gasteiger partial charge on any atom is 0.0625 e. The van der Waals surface area contributed by atoms with E-state index in [4.69, 9.17) is 0 Å². The molecule has 0 fully saturated rings. The Bertz CT molecular complexity index is 240. The fourth-order valence-corrected chi connectivity index (χ4v) is 1.91. The molecule has 0 aromatic carbocycles. The molecule has 58 valence electrons. The van der Waals surface area contributed by atoms with Crippen LogP contribution in [0.25, 0.3) is 0 Å². The van der Waals surface area contributed by atoms with Gasteiger partial charge in [-0.3, -0.25) is 0 Å². The quantitative estimate of drug-likeness (QED) is 0.411. The predicted molar refractivity (Wildman–Crippen MR) is 50.7 cm³/mol. The first-order chi connectivity index (χ1) is 5.38. The van der Waals surface area contributed by atoms with E-state index in [9.17, 15) is 0 Å². The molecule has 2 rings (SSSR count). The number of dihydropyridines is 1. The zero-order chi connectivity index (χ0) is 7.68. The van der Waals surface area contributed by atoms with Crippen molar-refractivity contribution >= 4 is 12.6 Å². The molecular formula is C9H11NS. The van der Waals surface area contributed by atoms with Gasteiger partial charge in [-0.15, -0.1) is 0 Å². The third kappa shape index (κ3) is 1.23. The molecule has 0 saturated carbocycles. The summed E-state index contributed by atoms with van der Waals surface area (Å²) in [5, 5.41) is 3.63. The van der Waals surface area contributed by atoms with E-state index in [1.54, 1.807) is 0 Å². The first-order valence-corrected chi connectivity index (χ1v) is 4.36. The largest absolute Gasteiger partial charge is 0.383 e. The molecule has 0 radical (unpaired) electrons. The van der Waals surface area contributed by atoms with Crippen LogP contribution in [0, 0.1) is 0 Å². The normalized spacial score (nSPS) is 34.1. The van der Waals surface area contributed by atoms with Crippen LogP contribution in [0.3, 0.4) is 0 Å². The summed E-state index contributed by atoms with van der Waals surface area (Å²) in [5.41, 5.74) is 1.44. The number of nitrogens with one attached hydrogen (secondary N) is 1. The number of rotatable bonds is 0. The first kappa shape index (κ1) is 7.04. The predicted octanol–water partition coefficient (Wildman–Crippen LogP) is 1.66. The summed E-state index contributed by atoms with van der Waals surface area (Å²) < 4.78 is 0. The minimum absolute atomic E-state index is 0.333. The highest BCUT2D eigenvalue weighted by Gasteiger charge is 2.22. The van der Waals surface area contributed by atoms with Crippen LogP contribution in [-0.4, -0.2) is 11.3 Å². The molecular weight excluding hydrogens is 154 g/mol. The average Bonchev–Trinajstić information content (AvgIpc) is 2.06. The van der Waals surface area contributed by atoms with Crippen LogP contribution in [0.2, 0.25) is 0 Å². The zero-order valence-electron chi connectivity index (χ0n) is 6.20. The van der Waals surface area contributed by atoms with E-state index >= 15 is 0 Å². The third-order valence-electron chi connectivity index (χ3n) is 2.11. The summed E-state index contributed by atoms with van der Waals surface area (Å²) in [4.78, 5) is 0. The number of thiol groups is 1. The lowest BCUT2D eigenvalue weighted by atomic mass is 9.93. The second-order valence-corrected chi connectivity index (χ2v) is 3.46. The van der Waals surface area contributed by atoms with Gasteiger partial charge in [0.15, 0.2) is 0 Å². The summed E-state index contributed by atoms with van der Waals surface area (Å²) in [6.07, 6.45) is 11.6. The molecule has 2 aliphatic rings. The lowest BCUT2D eigenvalue weighted by Crippen LogP contribution is -2.37. The molecule has 0 aromatic rings. The first-order valence-electron chi connectivity index (χ1n) is 3.84. The molecule has 1 aliphatic heterocycles. The number of hydrogen-bond donors (Lipinski definition) is 2. The van der Waals surface area contributed by atoms with Gasteiger partial charge >= 0.3 is 0 Å².